The van der Waals surface area contributed by atoms with E-state index in [0.29, 0.717) is 29.7 Å². The zero-order chi connectivity index (χ0) is 20.7. The Labute approximate surface area is 162 Å². The second kappa shape index (κ2) is 9.61. The molecule has 8 nitrogen and oxygen atoms in total. The second-order valence-electron chi connectivity index (χ2n) is 6.23. The zero-order valence-electron chi connectivity index (χ0n) is 15.4. The van der Waals surface area contributed by atoms with Gasteiger partial charge in [-0.05, 0) is 54.8 Å². The van der Waals surface area contributed by atoms with Gasteiger partial charge in [0, 0.05) is 5.92 Å². The number of methoxy groups -OCH3 is 1. The highest BCUT2D eigenvalue weighted by molar-refractivity contribution is 5.89. The number of esters is 1. The van der Waals surface area contributed by atoms with Gasteiger partial charge < -0.3 is 30.5 Å². The number of nitrogens with two attached hydrogens (primary N) is 1. The Kier molecular flexibility index (Phi) is 7.22. The van der Waals surface area contributed by atoms with Crippen LogP contribution in [0.25, 0.3) is 0 Å². The smallest absolute Gasteiger partial charge is 0.338 e. The summed E-state index contributed by atoms with van der Waals surface area (Å²) in [7, 11) is 1.53. The van der Waals surface area contributed by atoms with Gasteiger partial charge in [0.1, 0.15) is 11.8 Å². The van der Waals surface area contributed by atoms with Gasteiger partial charge in [-0.2, -0.15) is 0 Å². The van der Waals surface area contributed by atoms with Gasteiger partial charge >= 0.3 is 11.9 Å². The Morgan fingerprint density at radius 1 is 1.07 bits per heavy atom. The molecule has 28 heavy (non-hydrogen) atoms. The molecule has 2 rings (SSSR count). The predicted octanol–water partition coefficient (Wildman–Crippen LogP) is 2.24. The van der Waals surface area contributed by atoms with Crippen molar-refractivity contribution in [2.45, 2.75) is 24.8 Å². The predicted molar refractivity (Wildman–Crippen MR) is 101 cm³/mol. The van der Waals surface area contributed by atoms with Gasteiger partial charge in [-0.3, -0.25) is 4.79 Å². The van der Waals surface area contributed by atoms with Gasteiger partial charge in [-0.1, -0.05) is 6.07 Å². The highest BCUT2D eigenvalue weighted by Gasteiger charge is 2.26. The Bertz CT molecular complexity index is 820. The Hall–Kier alpha value is -3.26. The molecule has 0 fully saturated rings. The van der Waals surface area contributed by atoms with Crippen LogP contribution >= 0.6 is 0 Å². The van der Waals surface area contributed by atoms with E-state index in [1.165, 1.54) is 25.3 Å². The summed E-state index contributed by atoms with van der Waals surface area (Å²) < 4.78 is 10.2. The Morgan fingerprint density at radius 3 is 2.32 bits per heavy atom. The lowest BCUT2D eigenvalue weighted by atomic mass is 9.87. The van der Waals surface area contributed by atoms with Crippen molar-refractivity contribution in [1.82, 2.24) is 0 Å². The summed E-state index contributed by atoms with van der Waals surface area (Å²) in [6.07, 6.45) is 0.683. The minimum atomic E-state index is -1.21. The van der Waals surface area contributed by atoms with Crippen LogP contribution in [0.4, 0.5) is 0 Å². The first-order valence-electron chi connectivity index (χ1n) is 8.65. The maximum Gasteiger partial charge on any atom is 0.338 e. The van der Waals surface area contributed by atoms with Gasteiger partial charge in [-0.15, -0.1) is 0 Å². The molecular formula is C20H23NO7. The summed E-state index contributed by atoms with van der Waals surface area (Å²) in [5, 5.41) is 28.3. The van der Waals surface area contributed by atoms with Crippen molar-refractivity contribution in [1.29, 1.82) is 0 Å². The summed E-state index contributed by atoms with van der Waals surface area (Å²) >= 11 is 0. The molecule has 0 aliphatic heterocycles. The van der Waals surface area contributed by atoms with E-state index in [1.54, 1.807) is 24.3 Å². The van der Waals surface area contributed by atoms with E-state index < -0.39 is 23.9 Å². The van der Waals surface area contributed by atoms with Crippen molar-refractivity contribution in [2.75, 3.05) is 13.7 Å². The molecule has 0 saturated carbocycles. The number of aromatic hydroxyl groups is 2. The normalized spacial score (nSPS) is 12.8. The van der Waals surface area contributed by atoms with E-state index in [-0.39, 0.29) is 18.1 Å². The van der Waals surface area contributed by atoms with Crippen molar-refractivity contribution >= 4 is 11.9 Å². The largest absolute Gasteiger partial charge is 0.504 e. The number of ether oxygens (including phenoxy) is 2. The number of hydrogen-bond acceptors (Lipinski definition) is 7. The number of benzene rings is 2. The quantitative estimate of drug-likeness (QED) is 0.291. The monoisotopic (exact) mass is 389 g/mol. The maximum absolute atomic E-state index is 12.0. The number of hydrogen-bond donors (Lipinski definition) is 4. The Balaban J connectivity index is 1.96. The summed E-state index contributed by atoms with van der Waals surface area (Å²) in [6, 6.07) is 9.33. The highest BCUT2D eigenvalue weighted by atomic mass is 16.5. The van der Waals surface area contributed by atoms with E-state index >= 15 is 0 Å². The van der Waals surface area contributed by atoms with Gasteiger partial charge in [0.2, 0.25) is 0 Å². The molecule has 0 saturated heterocycles. The van der Waals surface area contributed by atoms with Crippen molar-refractivity contribution in [3.05, 3.63) is 53.6 Å². The summed E-state index contributed by atoms with van der Waals surface area (Å²) in [6.45, 7) is 0.0811. The molecular weight excluding hydrogens is 366 g/mol. The summed E-state index contributed by atoms with van der Waals surface area (Å²) in [4.78, 5) is 23.4. The molecule has 2 aromatic carbocycles. The maximum atomic E-state index is 12.0. The summed E-state index contributed by atoms with van der Waals surface area (Å²) in [5.41, 5.74) is 6.63. The van der Waals surface area contributed by atoms with E-state index in [0.717, 1.165) is 0 Å². The van der Waals surface area contributed by atoms with Crippen LogP contribution in [0.1, 0.15) is 34.7 Å². The fraction of sp³-hybridized carbons (Fsp3) is 0.300. The zero-order valence-corrected chi connectivity index (χ0v) is 15.4. The molecule has 5 N–H and O–H groups in total. The topological polar surface area (TPSA) is 139 Å². The summed E-state index contributed by atoms with van der Waals surface area (Å²) in [5.74, 6) is -2.34. The number of phenolic OH excluding ortho intramolecular Hbond substituents is 2. The van der Waals surface area contributed by atoms with Crippen LogP contribution < -0.4 is 10.5 Å². The molecule has 0 spiro atoms. The molecule has 0 heterocycles. The average molecular weight is 389 g/mol. The van der Waals surface area contributed by atoms with E-state index in [9.17, 15) is 24.9 Å². The third-order valence-electron chi connectivity index (χ3n) is 4.36. The molecule has 8 heteroatoms. The van der Waals surface area contributed by atoms with Crippen LogP contribution in [0.5, 0.6) is 17.2 Å². The fourth-order valence-electron chi connectivity index (χ4n) is 2.78. The SMILES string of the molecule is COc1ccc(C(=O)OCCCC(c2ccc(O)c(O)c2)[C@H](N)C(=O)O)cc1. The number of rotatable bonds is 9. The number of carboxylic acids is 1. The number of carbonyl (C=O) groups is 2. The molecule has 2 aromatic rings. The van der Waals surface area contributed by atoms with Crippen molar-refractivity contribution < 1.29 is 34.4 Å². The second-order valence-corrected chi connectivity index (χ2v) is 6.23. The van der Waals surface area contributed by atoms with Crippen LogP contribution in [0, 0.1) is 0 Å². The lowest BCUT2D eigenvalue weighted by molar-refractivity contribution is -0.139. The number of carboxylic acid groups (broad SMARTS) is 1. The van der Waals surface area contributed by atoms with Crippen LogP contribution in [-0.4, -0.2) is 47.0 Å². The molecule has 150 valence electrons. The molecule has 0 aliphatic rings. The van der Waals surface area contributed by atoms with Crippen LogP contribution in [0.3, 0.4) is 0 Å². The molecule has 2 atom stereocenters. The minimum absolute atomic E-state index is 0.0811. The molecule has 0 amide bonds. The first-order chi connectivity index (χ1) is 13.3. The van der Waals surface area contributed by atoms with Crippen molar-refractivity contribution in [3.63, 3.8) is 0 Å². The molecule has 0 aliphatic carbocycles. The molecule has 1 unspecified atom stereocenters. The Morgan fingerprint density at radius 2 is 1.75 bits per heavy atom. The third kappa shape index (κ3) is 5.37. The van der Waals surface area contributed by atoms with E-state index in [4.69, 9.17) is 15.2 Å². The van der Waals surface area contributed by atoms with Gasteiger partial charge in [0.15, 0.2) is 11.5 Å². The number of aliphatic carboxylic acids is 1. The van der Waals surface area contributed by atoms with E-state index in [2.05, 4.69) is 0 Å². The third-order valence-corrected chi connectivity index (χ3v) is 4.36. The highest BCUT2D eigenvalue weighted by Crippen LogP contribution is 2.32. The fourth-order valence-corrected chi connectivity index (χ4v) is 2.78. The van der Waals surface area contributed by atoms with Crippen molar-refractivity contribution in [2.24, 2.45) is 5.73 Å². The molecule has 0 radical (unpaired) electrons. The molecule has 0 bridgehead atoms. The lowest BCUT2D eigenvalue weighted by Gasteiger charge is -2.21. The van der Waals surface area contributed by atoms with Gasteiger partial charge in [-0.25, -0.2) is 4.79 Å². The lowest BCUT2D eigenvalue weighted by Crippen LogP contribution is -2.36. The minimum Gasteiger partial charge on any atom is -0.504 e. The molecule has 0 aromatic heterocycles. The average Bonchev–Trinajstić information content (AvgIpc) is 2.69. The van der Waals surface area contributed by atoms with Gasteiger partial charge in [0.25, 0.3) is 0 Å². The van der Waals surface area contributed by atoms with Crippen LogP contribution in [0.2, 0.25) is 0 Å². The van der Waals surface area contributed by atoms with Crippen molar-refractivity contribution in [3.8, 4) is 17.2 Å². The number of carbonyl (C=O) groups excluding carboxylic acids is 1. The van der Waals surface area contributed by atoms with Crippen LogP contribution in [0.15, 0.2) is 42.5 Å². The first kappa shape index (κ1) is 21.0. The first-order valence-corrected chi connectivity index (χ1v) is 8.65. The van der Waals surface area contributed by atoms with Crippen LogP contribution in [-0.2, 0) is 9.53 Å². The van der Waals surface area contributed by atoms with Gasteiger partial charge in [0.05, 0.1) is 19.3 Å². The number of phenols is 2. The van der Waals surface area contributed by atoms with E-state index in [1.807, 2.05) is 0 Å². The standard InChI is InChI=1S/C20H23NO7/c1-27-14-7-4-12(5-8-14)20(26)28-10-2-3-15(18(21)19(24)25)13-6-9-16(22)17(23)11-13/h4-9,11,15,18,22-23H,2-3,10,21H2,1H3,(H,24,25)/t15?,18-/m0/s1.